The number of rotatable bonds is 9. The number of carbonyl (C=O) groups excluding carboxylic acids is 1. The Bertz CT molecular complexity index is 683. The first-order chi connectivity index (χ1) is 14.1. The summed E-state index contributed by atoms with van der Waals surface area (Å²) in [7, 11) is 6.35. The summed E-state index contributed by atoms with van der Waals surface area (Å²) in [6.07, 6.45) is 0.278. The molecule has 10 heteroatoms. The molecule has 0 saturated carbocycles. The highest BCUT2D eigenvalue weighted by Gasteiger charge is 2.24. The van der Waals surface area contributed by atoms with Crippen LogP contribution in [0, 0.1) is 0 Å². The highest BCUT2D eigenvalue weighted by atomic mass is 127. The van der Waals surface area contributed by atoms with Gasteiger partial charge in [0.15, 0.2) is 17.5 Å². The van der Waals surface area contributed by atoms with Crippen LogP contribution in [0.25, 0.3) is 0 Å². The Kier molecular flexibility index (Phi) is 12.5. The molecule has 1 aromatic carbocycles. The normalized spacial score (nSPS) is 15.5. The highest BCUT2D eigenvalue weighted by Crippen LogP contribution is 2.32. The predicted molar refractivity (Wildman–Crippen MR) is 126 cm³/mol. The lowest BCUT2D eigenvalue weighted by Gasteiger charge is -2.35. The van der Waals surface area contributed by atoms with E-state index in [1.54, 1.807) is 21.3 Å². The van der Waals surface area contributed by atoms with Crippen molar-refractivity contribution >= 4 is 35.9 Å². The summed E-state index contributed by atoms with van der Waals surface area (Å²) in [6.45, 7) is 4.17. The van der Waals surface area contributed by atoms with Gasteiger partial charge in [-0.1, -0.05) is 6.07 Å². The molecule has 2 rings (SSSR count). The van der Waals surface area contributed by atoms with Gasteiger partial charge >= 0.3 is 5.97 Å². The number of guanidine groups is 1. The van der Waals surface area contributed by atoms with Gasteiger partial charge in [-0.25, -0.2) is 0 Å². The molecule has 1 aromatic rings. The smallest absolute Gasteiger partial charge is 0.307 e. The van der Waals surface area contributed by atoms with Crippen molar-refractivity contribution in [3.63, 3.8) is 0 Å². The van der Waals surface area contributed by atoms with Crippen LogP contribution in [-0.4, -0.2) is 84.6 Å². The molecule has 1 saturated heterocycles. The van der Waals surface area contributed by atoms with E-state index in [0.29, 0.717) is 43.8 Å². The number of halogens is 1. The first-order valence-corrected chi connectivity index (χ1v) is 9.68. The lowest BCUT2D eigenvalue weighted by molar-refractivity contribution is -0.140. The van der Waals surface area contributed by atoms with Gasteiger partial charge in [-0.2, -0.15) is 0 Å². The quantitative estimate of drug-likeness (QED) is 0.212. The average Bonchev–Trinajstić information content (AvgIpc) is 2.78. The Morgan fingerprint density at radius 1 is 1.17 bits per heavy atom. The third-order valence-electron chi connectivity index (χ3n) is 4.81. The fraction of sp³-hybridized carbons (Fsp3) is 0.600. The minimum Gasteiger partial charge on any atom is -0.493 e. The van der Waals surface area contributed by atoms with E-state index in [4.69, 9.17) is 14.2 Å². The predicted octanol–water partition coefficient (Wildman–Crippen LogP) is 1.42. The van der Waals surface area contributed by atoms with Gasteiger partial charge in [-0.3, -0.25) is 14.7 Å². The molecule has 2 N–H and O–H groups in total. The second-order valence-electron chi connectivity index (χ2n) is 6.48. The van der Waals surface area contributed by atoms with Gasteiger partial charge in [0.05, 0.1) is 47.0 Å². The van der Waals surface area contributed by atoms with Gasteiger partial charge in [0, 0.05) is 33.2 Å². The van der Waals surface area contributed by atoms with Gasteiger partial charge < -0.3 is 29.6 Å². The van der Waals surface area contributed by atoms with E-state index in [9.17, 15) is 4.79 Å². The second kappa shape index (κ2) is 14.3. The molecule has 170 valence electrons. The minimum absolute atomic E-state index is 0. The van der Waals surface area contributed by atoms with Crippen LogP contribution in [0.1, 0.15) is 18.0 Å². The average molecular weight is 536 g/mol. The number of ether oxygens (including phenoxy) is 4. The van der Waals surface area contributed by atoms with E-state index in [1.165, 1.54) is 7.11 Å². The molecule has 0 amide bonds. The molecule has 0 bridgehead atoms. The molecule has 9 nitrogen and oxygen atoms in total. The van der Waals surface area contributed by atoms with Crippen molar-refractivity contribution in [2.24, 2.45) is 4.99 Å². The zero-order valence-electron chi connectivity index (χ0n) is 18.1. The van der Waals surface area contributed by atoms with E-state index in [-0.39, 0.29) is 42.4 Å². The van der Waals surface area contributed by atoms with Crippen molar-refractivity contribution in [1.29, 1.82) is 0 Å². The number of nitrogens with one attached hydrogen (secondary N) is 2. The zero-order valence-corrected chi connectivity index (χ0v) is 20.4. The first kappa shape index (κ1) is 26.2. The van der Waals surface area contributed by atoms with Crippen LogP contribution in [0.4, 0.5) is 0 Å². The molecule has 1 aliphatic heterocycles. The molecule has 1 aliphatic rings. The lowest BCUT2D eigenvalue weighted by atomic mass is 10.0. The van der Waals surface area contributed by atoms with Crippen LogP contribution in [-0.2, 0) is 14.3 Å². The Hall–Kier alpha value is -1.79. The Labute approximate surface area is 195 Å². The van der Waals surface area contributed by atoms with Crippen molar-refractivity contribution in [1.82, 2.24) is 15.5 Å². The maximum absolute atomic E-state index is 11.3. The molecule has 0 aliphatic carbocycles. The van der Waals surface area contributed by atoms with E-state index in [1.807, 2.05) is 12.1 Å². The summed E-state index contributed by atoms with van der Waals surface area (Å²) in [4.78, 5) is 17.9. The van der Waals surface area contributed by atoms with Crippen molar-refractivity contribution < 1.29 is 23.7 Å². The van der Waals surface area contributed by atoms with Crippen molar-refractivity contribution in [3.05, 3.63) is 23.8 Å². The fourth-order valence-electron chi connectivity index (χ4n) is 3.21. The molecule has 0 aromatic heterocycles. The number of esters is 1. The van der Waals surface area contributed by atoms with E-state index in [2.05, 4.69) is 31.3 Å². The van der Waals surface area contributed by atoms with Crippen molar-refractivity contribution in [2.75, 3.05) is 67.8 Å². The maximum Gasteiger partial charge on any atom is 0.307 e. The summed E-state index contributed by atoms with van der Waals surface area (Å²) in [6, 6.07) is 6.08. The summed E-state index contributed by atoms with van der Waals surface area (Å²) >= 11 is 0. The van der Waals surface area contributed by atoms with E-state index in [0.717, 1.165) is 18.7 Å². The maximum atomic E-state index is 11.3. The summed E-state index contributed by atoms with van der Waals surface area (Å²) in [5.41, 5.74) is 1.11. The summed E-state index contributed by atoms with van der Waals surface area (Å²) in [5, 5.41) is 6.49. The first-order valence-electron chi connectivity index (χ1n) is 9.68. The van der Waals surface area contributed by atoms with Gasteiger partial charge in [-0.15, -0.1) is 24.0 Å². The fourth-order valence-corrected chi connectivity index (χ4v) is 3.21. The standard InChI is InChI=1S/C20H32N4O5.HI/c1-21-20(22-8-7-19(25)28-4)23-14-16(24-9-11-29-12-10-24)15-5-6-17(26-2)18(13-15)27-3;/h5-6,13,16H,7-12,14H2,1-4H3,(H2,21,22,23);1H. The third-order valence-corrected chi connectivity index (χ3v) is 4.81. The molecular weight excluding hydrogens is 503 g/mol. The number of morpholine rings is 1. The third kappa shape index (κ3) is 7.80. The molecule has 1 atom stereocenters. The van der Waals surface area contributed by atoms with Crippen LogP contribution in [0.2, 0.25) is 0 Å². The van der Waals surface area contributed by atoms with Gasteiger partial charge in [0.25, 0.3) is 0 Å². The van der Waals surface area contributed by atoms with E-state index < -0.39 is 0 Å². The second-order valence-corrected chi connectivity index (χ2v) is 6.48. The molecule has 1 fully saturated rings. The molecule has 0 radical (unpaired) electrons. The van der Waals surface area contributed by atoms with E-state index >= 15 is 0 Å². The van der Waals surface area contributed by atoms with Crippen molar-refractivity contribution in [2.45, 2.75) is 12.5 Å². The van der Waals surface area contributed by atoms with Gasteiger partial charge in [0.2, 0.25) is 0 Å². The SMILES string of the molecule is CN=C(NCCC(=O)OC)NCC(c1ccc(OC)c(OC)c1)N1CCOCC1.I. The van der Waals surface area contributed by atoms with Gasteiger partial charge in [0.1, 0.15) is 0 Å². The number of carbonyl (C=O) groups is 1. The topological polar surface area (TPSA) is 93.7 Å². The zero-order chi connectivity index (χ0) is 21.1. The van der Waals surface area contributed by atoms with Crippen LogP contribution < -0.4 is 20.1 Å². The largest absolute Gasteiger partial charge is 0.493 e. The molecule has 30 heavy (non-hydrogen) atoms. The minimum atomic E-state index is -0.260. The molecule has 0 spiro atoms. The van der Waals surface area contributed by atoms with Crippen LogP contribution in [0.5, 0.6) is 11.5 Å². The van der Waals surface area contributed by atoms with Crippen LogP contribution in [0.3, 0.4) is 0 Å². The number of aliphatic imine (C=N–C) groups is 1. The number of nitrogens with zero attached hydrogens (tertiary/aromatic N) is 2. The van der Waals surface area contributed by atoms with Crippen LogP contribution >= 0.6 is 24.0 Å². The summed E-state index contributed by atoms with van der Waals surface area (Å²) < 4.78 is 21.0. The Balaban J connectivity index is 0.00000450. The molecular formula is C20H33IN4O5. The van der Waals surface area contributed by atoms with Gasteiger partial charge in [-0.05, 0) is 17.7 Å². The molecule has 1 heterocycles. The Morgan fingerprint density at radius 2 is 1.87 bits per heavy atom. The number of benzene rings is 1. The van der Waals surface area contributed by atoms with Crippen molar-refractivity contribution in [3.8, 4) is 11.5 Å². The highest BCUT2D eigenvalue weighted by molar-refractivity contribution is 14.0. The Morgan fingerprint density at radius 3 is 2.47 bits per heavy atom. The number of hydrogen-bond donors (Lipinski definition) is 2. The summed E-state index contributed by atoms with van der Waals surface area (Å²) in [5.74, 6) is 1.77. The monoisotopic (exact) mass is 536 g/mol. The number of hydrogen-bond acceptors (Lipinski definition) is 7. The molecule has 1 unspecified atom stereocenters. The lowest BCUT2D eigenvalue weighted by Crippen LogP contribution is -2.46. The van der Waals surface area contributed by atoms with Crippen LogP contribution in [0.15, 0.2) is 23.2 Å². The number of methoxy groups -OCH3 is 3.